The Hall–Kier alpha value is -1.22. The summed E-state index contributed by atoms with van der Waals surface area (Å²) >= 11 is 0. The van der Waals surface area contributed by atoms with Gasteiger partial charge in [-0.2, -0.15) is 0 Å². The zero-order valence-corrected chi connectivity index (χ0v) is 13.7. The highest BCUT2D eigenvalue weighted by Crippen LogP contribution is 2.10. The van der Waals surface area contributed by atoms with Crippen molar-refractivity contribution in [1.82, 2.24) is 0 Å². The second-order valence-corrected chi connectivity index (χ2v) is 4.11. The second kappa shape index (κ2) is 10.7. The van der Waals surface area contributed by atoms with Crippen LogP contribution in [-0.2, 0) is 6.42 Å². The number of nitrogens with two attached hydrogens (primary N) is 1. The molecule has 1 aromatic rings. The van der Waals surface area contributed by atoms with E-state index in [1.54, 1.807) is 0 Å². The fourth-order valence-electron chi connectivity index (χ4n) is 1.59. The fourth-order valence-corrected chi connectivity index (χ4v) is 1.59. The maximum Gasteiger partial charge on any atom is 0.193 e. The Morgan fingerprint density at radius 1 is 1.42 bits per heavy atom. The first-order valence-corrected chi connectivity index (χ1v) is 6.35. The summed E-state index contributed by atoms with van der Waals surface area (Å²) in [4.78, 5) is 4.26. The van der Waals surface area contributed by atoms with Crippen LogP contribution < -0.4 is 11.1 Å². The summed E-state index contributed by atoms with van der Waals surface area (Å²) in [6, 6.07) is 8.18. The number of rotatable bonds is 6. The molecule has 1 aromatic carbocycles. The first kappa shape index (κ1) is 17.8. The normalized spacial score (nSPS) is 10.4. The van der Waals surface area contributed by atoms with E-state index in [0.717, 1.165) is 31.4 Å². The van der Waals surface area contributed by atoms with Crippen LogP contribution in [0.15, 0.2) is 29.3 Å². The Morgan fingerprint density at radius 3 is 2.89 bits per heavy atom. The largest absolute Gasteiger partial charge is 0.370 e. The number of hydrogen-bond donors (Lipinski definition) is 2. The van der Waals surface area contributed by atoms with Crippen LogP contribution >= 0.6 is 24.0 Å². The van der Waals surface area contributed by atoms with Crippen molar-refractivity contribution in [1.29, 1.82) is 0 Å². The molecule has 3 nitrogen and oxygen atoms in total. The maximum atomic E-state index is 5.81. The predicted octanol–water partition coefficient (Wildman–Crippen LogP) is 3.40. The van der Waals surface area contributed by atoms with Gasteiger partial charge in [-0.25, -0.2) is 0 Å². The van der Waals surface area contributed by atoms with Gasteiger partial charge in [0.05, 0.1) is 0 Å². The molecule has 19 heavy (non-hydrogen) atoms. The van der Waals surface area contributed by atoms with E-state index in [2.05, 4.69) is 35.3 Å². The highest BCUT2D eigenvalue weighted by Gasteiger charge is 1.96. The molecule has 0 heterocycles. The van der Waals surface area contributed by atoms with Crippen molar-refractivity contribution in [2.24, 2.45) is 10.7 Å². The smallest absolute Gasteiger partial charge is 0.193 e. The monoisotopic (exact) mass is 371 g/mol. The first-order valence-electron chi connectivity index (χ1n) is 6.35. The molecule has 0 fully saturated rings. The second-order valence-electron chi connectivity index (χ2n) is 4.11. The average molecular weight is 371 g/mol. The topological polar surface area (TPSA) is 50.4 Å². The van der Waals surface area contributed by atoms with Crippen LogP contribution in [0.25, 0.3) is 0 Å². The van der Waals surface area contributed by atoms with E-state index in [9.17, 15) is 0 Å². The van der Waals surface area contributed by atoms with Crippen molar-refractivity contribution in [2.45, 2.75) is 32.6 Å². The number of benzene rings is 1. The van der Waals surface area contributed by atoms with Crippen LogP contribution in [0.5, 0.6) is 0 Å². The number of nitrogens with one attached hydrogen (secondary N) is 1. The van der Waals surface area contributed by atoms with E-state index in [1.165, 1.54) is 5.56 Å². The summed E-state index contributed by atoms with van der Waals surface area (Å²) < 4.78 is 0. The molecule has 0 aliphatic heterocycles. The van der Waals surface area contributed by atoms with Gasteiger partial charge in [-0.1, -0.05) is 19.1 Å². The van der Waals surface area contributed by atoms with Gasteiger partial charge < -0.3 is 11.1 Å². The molecule has 4 heteroatoms. The quantitative estimate of drug-likeness (QED) is 0.265. The minimum Gasteiger partial charge on any atom is -0.370 e. The highest BCUT2D eigenvalue weighted by molar-refractivity contribution is 14.0. The first-order chi connectivity index (χ1) is 8.76. The van der Waals surface area contributed by atoms with Gasteiger partial charge in [0.15, 0.2) is 5.96 Å². The number of anilines is 1. The van der Waals surface area contributed by atoms with Gasteiger partial charge in [0.25, 0.3) is 0 Å². The van der Waals surface area contributed by atoms with Gasteiger partial charge in [-0.05, 0) is 37.0 Å². The molecular weight excluding hydrogens is 349 g/mol. The lowest BCUT2D eigenvalue weighted by Gasteiger charge is -2.06. The third-order valence-corrected chi connectivity index (χ3v) is 2.62. The van der Waals surface area contributed by atoms with Crippen LogP contribution in [0.3, 0.4) is 0 Å². The van der Waals surface area contributed by atoms with Gasteiger partial charge in [0, 0.05) is 18.7 Å². The van der Waals surface area contributed by atoms with Crippen LogP contribution in [-0.4, -0.2) is 12.5 Å². The Balaban J connectivity index is 0.00000324. The van der Waals surface area contributed by atoms with Gasteiger partial charge >= 0.3 is 0 Å². The molecule has 104 valence electrons. The summed E-state index contributed by atoms with van der Waals surface area (Å²) in [6.07, 6.45) is 8.97. The Morgan fingerprint density at radius 2 is 2.21 bits per heavy atom. The third kappa shape index (κ3) is 7.73. The molecule has 3 N–H and O–H groups in total. The Labute approximate surface area is 133 Å². The highest BCUT2D eigenvalue weighted by atomic mass is 127. The van der Waals surface area contributed by atoms with E-state index in [1.807, 2.05) is 12.1 Å². The average Bonchev–Trinajstić information content (AvgIpc) is 2.38. The molecule has 0 aromatic heterocycles. The zero-order chi connectivity index (χ0) is 13.2. The van der Waals surface area contributed by atoms with Gasteiger partial charge in [-0.3, -0.25) is 4.99 Å². The molecule has 1 rings (SSSR count). The molecule has 0 aliphatic rings. The molecule has 0 amide bonds. The Bertz CT molecular complexity index is 435. The number of aryl methyl sites for hydroxylation is 1. The SMILES string of the molecule is C#CCCCCN=C(N)Nc1cccc(CC)c1.I. The minimum atomic E-state index is 0. The van der Waals surface area contributed by atoms with Crippen molar-refractivity contribution < 1.29 is 0 Å². The lowest BCUT2D eigenvalue weighted by molar-refractivity contribution is 0.768. The van der Waals surface area contributed by atoms with Gasteiger partial charge in [0.1, 0.15) is 0 Å². The molecule has 0 spiro atoms. The van der Waals surface area contributed by atoms with Crippen molar-refractivity contribution in [3.8, 4) is 12.3 Å². The lowest BCUT2D eigenvalue weighted by atomic mass is 10.1. The molecule has 0 aliphatic carbocycles. The van der Waals surface area contributed by atoms with Crippen molar-refractivity contribution in [2.75, 3.05) is 11.9 Å². The lowest BCUT2D eigenvalue weighted by Crippen LogP contribution is -2.22. The van der Waals surface area contributed by atoms with E-state index in [0.29, 0.717) is 12.5 Å². The fraction of sp³-hybridized carbons (Fsp3) is 0.400. The van der Waals surface area contributed by atoms with Crippen molar-refractivity contribution >= 4 is 35.6 Å². The summed E-state index contributed by atoms with van der Waals surface area (Å²) in [7, 11) is 0. The number of hydrogen-bond acceptors (Lipinski definition) is 1. The van der Waals surface area contributed by atoms with Crippen molar-refractivity contribution in [3.63, 3.8) is 0 Å². The van der Waals surface area contributed by atoms with E-state index in [-0.39, 0.29) is 24.0 Å². The van der Waals surface area contributed by atoms with Crippen LogP contribution in [0, 0.1) is 12.3 Å². The van der Waals surface area contributed by atoms with E-state index < -0.39 is 0 Å². The number of guanidine groups is 1. The van der Waals surface area contributed by atoms with Crippen LogP contribution in [0.2, 0.25) is 0 Å². The standard InChI is InChI=1S/C15H21N3.HI/c1-3-5-6-7-11-17-15(16)18-14-10-8-9-13(4-2)12-14;/h1,8-10,12H,4-7,11H2,2H3,(H3,16,17,18);1H. The number of terminal acetylenes is 1. The molecule has 0 atom stereocenters. The molecule has 0 bridgehead atoms. The summed E-state index contributed by atoms with van der Waals surface area (Å²) in [5.74, 6) is 3.07. The Kier molecular flexibility index (Phi) is 9.99. The molecule has 0 unspecified atom stereocenters. The molecule has 0 saturated heterocycles. The maximum absolute atomic E-state index is 5.81. The summed E-state index contributed by atoms with van der Waals surface area (Å²) in [6.45, 7) is 2.84. The van der Waals surface area contributed by atoms with Gasteiger partial charge in [-0.15, -0.1) is 36.3 Å². The van der Waals surface area contributed by atoms with Crippen molar-refractivity contribution in [3.05, 3.63) is 29.8 Å². The van der Waals surface area contributed by atoms with E-state index in [4.69, 9.17) is 12.2 Å². The molecule has 0 radical (unpaired) electrons. The van der Waals surface area contributed by atoms with Crippen LogP contribution in [0.1, 0.15) is 31.7 Å². The van der Waals surface area contributed by atoms with Crippen LogP contribution in [0.4, 0.5) is 5.69 Å². The number of halogens is 1. The number of nitrogens with zero attached hydrogens (tertiary/aromatic N) is 1. The summed E-state index contributed by atoms with van der Waals surface area (Å²) in [5, 5.41) is 3.09. The number of unbranched alkanes of at least 4 members (excludes halogenated alkanes) is 2. The number of aliphatic imine (C=N–C) groups is 1. The van der Waals surface area contributed by atoms with Gasteiger partial charge in [0.2, 0.25) is 0 Å². The predicted molar refractivity (Wildman–Crippen MR) is 94.0 cm³/mol. The van der Waals surface area contributed by atoms with E-state index >= 15 is 0 Å². The third-order valence-electron chi connectivity index (χ3n) is 2.62. The molecular formula is C15H22IN3. The minimum absolute atomic E-state index is 0. The summed E-state index contributed by atoms with van der Waals surface area (Å²) in [5.41, 5.74) is 8.08. The zero-order valence-electron chi connectivity index (χ0n) is 11.4. The molecule has 0 saturated carbocycles.